The second-order valence-corrected chi connectivity index (χ2v) is 4.93. The van der Waals surface area contributed by atoms with E-state index in [1.807, 2.05) is 49.4 Å². The fourth-order valence-corrected chi connectivity index (χ4v) is 2.56. The highest BCUT2D eigenvalue weighted by Gasteiger charge is 2.27. The SMILES string of the molecule is Cc1cccc(C(=O)C2OCCc3ccccc32)c1. The predicted molar refractivity (Wildman–Crippen MR) is 74.3 cm³/mol. The number of hydrogen-bond acceptors (Lipinski definition) is 2. The number of rotatable bonds is 2. The average molecular weight is 252 g/mol. The van der Waals surface area contributed by atoms with E-state index >= 15 is 0 Å². The second kappa shape index (κ2) is 4.98. The minimum Gasteiger partial charge on any atom is -0.365 e. The van der Waals surface area contributed by atoms with Crippen molar-refractivity contribution in [2.75, 3.05) is 6.61 Å². The van der Waals surface area contributed by atoms with E-state index in [-0.39, 0.29) is 5.78 Å². The van der Waals surface area contributed by atoms with Gasteiger partial charge in [0.1, 0.15) is 6.10 Å². The van der Waals surface area contributed by atoms with Gasteiger partial charge in [-0.3, -0.25) is 4.79 Å². The van der Waals surface area contributed by atoms with Gasteiger partial charge < -0.3 is 4.74 Å². The van der Waals surface area contributed by atoms with Crippen molar-refractivity contribution >= 4 is 5.78 Å². The van der Waals surface area contributed by atoms with Crippen LogP contribution >= 0.6 is 0 Å². The van der Waals surface area contributed by atoms with Gasteiger partial charge in [0.15, 0.2) is 5.78 Å². The van der Waals surface area contributed by atoms with Crippen LogP contribution in [-0.4, -0.2) is 12.4 Å². The Hall–Kier alpha value is -1.93. The highest BCUT2D eigenvalue weighted by atomic mass is 16.5. The van der Waals surface area contributed by atoms with Crippen LogP contribution < -0.4 is 0 Å². The van der Waals surface area contributed by atoms with Crippen molar-refractivity contribution < 1.29 is 9.53 Å². The summed E-state index contributed by atoms with van der Waals surface area (Å²) in [6.45, 7) is 2.60. The van der Waals surface area contributed by atoms with Gasteiger partial charge in [0, 0.05) is 5.56 Å². The molecule has 0 fully saturated rings. The number of hydrogen-bond donors (Lipinski definition) is 0. The highest BCUT2D eigenvalue weighted by Crippen LogP contribution is 2.29. The lowest BCUT2D eigenvalue weighted by molar-refractivity contribution is 0.0349. The topological polar surface area (TPSA) is 26.3 Å². The van der Waals surface area contributed by atoms with Gasteiger partial charge in [-0.25, -0.2) is 0 Å². The van der Waals surface area contributed by atoms with Crippen LogP contribution in [0.1, 0.15) is 33.2 Å². The summed E-state index contributed by atoms with van der Waals surface area (Å²) < 4.78 is 5.71. The Morgan fingerprint density at radius 2 is 2.00 bits per heavy atom. The largest absolute Gasteiger partial charge is 0.365 e. The maximum absolute atomic E-state index is 12.6. The minimum atomic E-state index is -0.452. The molecule has 1 atom stereocenters. The first kappa shape index (κ1) is 12.1. The summed E-state index contributed by atoms with van der Waals surface area (Å²) in [5.41, 5.74) is 4.05. The van der Waals surface area contributed by atoms with E-state index in [1.54, 1.807) is 0 Å². The smallest absolute Gasteiger partial charge is 0.196 e. The van der Waals surface area contributed by atoms with Gasteiger partial charge >= 0.3 is 0 Å². The van der Waals surface area contributed by atoms with Crippen LogP contribution in [0.2, 0.25) is 0 Å². The van der Waals surface area contributed by atoms with Crippen molar-refractivity contribution in [2.24, 2.45) is 0 Å². The summed E-state index contributed by atoms with van der Waals surface area (Å²) in [4.78, 5) is 12.6. The van der Waals surface area contributed by atoms with Crippen LogP contribution in [0.25, 0.3) is 0 Å². The quantitative estimate of drug-likeness (QED) is 0.765. The van der Waals surface area contributed by atoms with Crippen molar-refractivity contribution in [1.29, 1.82) is 0 Å². The number of fused-ring (bicyclic) bond motifs is 1. The zero-order valence-corrected chi connectivity index (χ0v) is 10.9. The first-order valence-corrected chi connectivity index (χ1v) is 6.56. The van der Waals surface area contributed by atoms with E-state index in [4.69, 9.17) is 4.74 Å². The number of benzene rings is 2. The standard InChI is InChI=1S/C17H16O2/c1-12-5-4-7-14(11-12)16(18)17-15-8-3-2-6-13(15)9-10-19-17/h2-8,11,17H,9-10H2,1H3. The van der Waals surface area contributed by atoms with Gasteiger partial charge in [-0.15, -0.1) is 0 Å². The average Bonchev–Trinajstić information content (AvgIpc) is 2.46. The molecular formula is C17H16O2. The minimum absolute atomic E-state index is 0.0517. The Bertz CT molecular complexity index is 616. The third-order valence-electron chi connectivity index (χ3n) is 3.53. The Labute approximate surface area is 113 Å². The van der Waals surface area contributed by atoms with Gasteiger partial charge in [0.2, 0.25) is 0 Å². The molecule has 0 saturated carbocycles. The van der Waals surface area contributed by atoms with E-state index in [0.29, 0.717) is 6.61 Å². The molecule has 0 aromatic heterocycles. The monoisotopic (exact) mass is 252 g/mol. The van der Waals surface area contributed by atoms with Gasteiger partial charge in [-0.1, -0.05) is 48.0 Å². The third kappa shape index (κ3) is 2.32. The lowest BCUT2D eigenvalue weighted by Gasteiger charge is -2.25. The van der Waals surface area contributed by atoms with E-state index < -0.39 is 6.10 Å². The third-order valence-corrected chi connectivity index (χ3v) is 3.53. The number of ketones is 1. The number of carbonyl (C=O) groups excluding carboxylic acids is 1. The van der Waals surface area contributed by atoms with Crippen LogP contribution in [0.3, 0.4) is 0 Å². The van der Waals surface area contributed by atoms with Crippen LogP contribution in [0, 0.1) is 6.92 Å². The molecule has 0 bridgehead atoms. The van der Waals surface area contributed by atoms with Gasteiger partial charge in [0.05, 0.1) is 6.61 Å². The summed E-state index contributed by atoms with van der Waals surface area (Å²) in [6, 6.07) is 15.7. The van der Waals surface area contributed by atoms with E-state index in [1.165, 1.54) is 5.56 Å². The van der Waals surface area contributed by atoms with Crippen molar-refractivity contribution in [2.45, 2.75) is 19.4 Å². The van der Waals surface area contributed by atoms with Gasteiger partial charge in [-0.05, 0) is 30.5 Å². The lowest BCUT2D eigenvalue weighted by Crippen LogP contribution is -2.23. The molecule has 0 amide bonds. The maximum atomic E-state index is 12.6. The summed E-state index contributed by atoms with van der Waals surface area (Å²) in [6.07, 6.45) is 0.431. The van der Waals surface area contributed by atoms with Crippen LogP contribution in [0.5, 0.6) is 0 Å². The van der Waals surface area contributed by atoms with E-state index in [0.717, 1.165) is 23.1 Å². The molecule has 0 spiro atoms. The first-order chi connectivity index (χ1) is 9.25. The molecule has 19 heavy (non-hydrogen) atoms. The molecule has 3 rings (SSSR count). The maximum Gasteiger partial charge on any atom is 0.196 e. The fourth-order valence-electron chi connectivity index (χ4n) is 2.56. The molecule has 0 radical (unpaired) electrons. The Morgan fingerprint density at radius 3 is 2.84 bits per heavy atom. The van der Waals surface area contributed by atoms with Crippen molar-refractivity contribution in [3.63, 3.8) is 0 Å². The molecule has 1 aliphatic heterocycles. The lowest BCUT2D eigenvalue weighted by atomic mass is 9.92. The summed E-state index contributed by atoms with van der Waals surface area (Å²) >= 11 is 0. The molecule has 0 saturated heterocycles. The summed E-state index contributed by atoms with van der Waals surface area (Å²) in [5.74, 6) is 0.0517. The zero-order valence-electron chi connectivity index (χ0n) is 10.9. The molecule has 2 aromatic carbocycles. The van der Waals surface area contributed by atoms with Gasteiger partial charge in [0.25, 0.3) is 0 Å². The first-order valence-electron chi connectivity index (χ1n) is 6.56. The molecule has 1 aliphatic rings. The number of carbonyl (C=O) groups is 1. The fraction of sp³-hybridized carbons (Fsp3) is 0.235. The molecule has 1 unspecified atom stereocenters. The van der Waals surface area contributed by atoms with Crippen molar-refractivity contribution in [3.8, 4) is 0 Å². The van der Waals surface area contributed by atoms with Crippen LogP contribution in [0.15, 0.2) is 48.5 Å². The predicted octanol–water partition coefficient (Wildman–Crippen LogP) is 3.49. The number of aryl methyl sites for hydroxylation is 1. The second-order valence-electron chi connectivity index (χ2n) is 4.93. The Balaban J connectivity index is 1.98. The molecule has 2 nitrogen and oxygen atoms in total. The van der Waals surface area contributed by atoms with Crippen LogP contribution in [0.4, 0.5) is 0 Å². The molecule has 0 aliphatic carbocycles. The van der Waals surface area contributed by atoms with E-state index in [2.05, 4.69) is 6.07 Å². The summed E-state index contributed by atoms with van der Waals surface area (Å²) in [7, 11) is 0. The molecule has 1 heterocycles. The highest BCUT2D eigenvalue weighted by molar-refractivity contribution is 6.00. The summed E-state index contributed by atoms with van der Waals surface area (Å²) in [5, 5.41) is 0. The number of ether oxygens (including phenoxy) is 1. The van der Waals surface area contributed by atoms with Crippen molar-refractivity contribution in [1.82, 2.24) is 0 Å². The zero-order chi connectivity index (χ0) is 13.2. The molecule has 0 N–H and O–H groups in total. The van der Waals surface area contributed by atoms with Gasteiger partial charge in [-0.2, -0.15) is 0 Å². The number of Topliss-reactive ketones (excluding diaryl/α,β-unsaturated/α-hetero) is 1. The Morgan fingerprint density at radius 1 is 1.16 bits per heavy atom. The molecule has 96 valence electrons. The molecular weight excluding hydrogens is 236 g/mol. The molecule has 2 heteroatoms. The van der Waals surface area contributed by atoms with E-state index in [9.17, 15) is 4.79 Å². The Kier molecular flexibility index (Phi) is 3.18. The molecule has 2 aromatic rings. The van der Waals surface area contributed by atoms with Crippen molar-refractivity contribution in [3.05, 3.63) is 70.8 Å². The van der Waals surface area contributed by atoms with Crippen LogP contribution in [-0.2, 0) is 11.2 Å². The normalized spacial score (nSPS) is 17.8.